The third kappa shape index (κ3) is 4.04. The van der Waals surface area contributed by atoms with Gasteiger partial charge < -0.3 is 8.92 Å². The van der Waals surface area contributed by atoms with Crippen LogP contribution in [0.4, 0.5) is 0 Å². The molecule has 9 heteroatoms. The van der Waals surface area contributed by atoms with Crippen LogP contribution in [0, 0.1) is 0 Å². The van der Waals surface area contributed by atoms with E-state index in [4.69, 9.17) is 43.7 Å². The number of hydrogen-bond acceptors (Lipinski definition) is 5. The molecule has 0 aromatic heterocycles. The average Bonchev–Trinajstić information content (AvgIpc) is 3.00. The summed E-state index contributed by atoms with van der Waals surface area (Å²) in [4.78, 5) is 12.6. The van der Waals surface area contributed by atoms with Gasteiger partial charge in [0.2, 0.25) is 5.78 Å². The fourth-order valence-corrected chi connectivity index (χ4v) is 4.33. The van der Waals surface area contributed by atoms with Gasteiger partial charge in [0.25, 0.3) is 0 Å². The number of allylic oxidation sites excluding steroid dienone is 1. The number of carbonyl (C=O) groups is 1. The summed E-state index contributed by atoms with van der Waals surface area (Å²) < 4.78 is 35.7. The van der Waals surface area contributed by atoms with Gasteiger partial charge in [-0.3, -0.25) is 4.79 Å². The number of fused-ring (bicyclic) bond motifs is 1. The molecule has 5 nitrogen and oxygen atoms in total. The summed E-state index contributed by atoms with van der Waals surface area (Å²) >= 11 is 18.1. The minimum absolute atomic E-state index is 0.00599. The Morgan fingerprint density at radius 1 is 0.900 bits per heavy atom. The van der Waals surface area contributed by atoms with Gasteiger partial charge in [0, 0.05) is 26.7 Å². The smallest absolute Gasteiger partial charge is 0.339 e. The molecule has 3 aromatic carbocycles. The minimum atomic E-state index is -4.08. The second-order valence-electron chi connectivity index (χ2n) is 6.22. The highest BCUT2D eigenvalue weighted by Crippen LogP contribution is 2.37. The average molecular weight is 482 g/mol. The van der Waals surface area contributed by atoms with E-state index in [1.165, 1.54) is 48.5 Å². The topological polar surface area (TPSA) is 69.7 Å². The SMILES string of the molecule is O=C1C(=Cc2c(Cl)cccc2Cl)Oc2cc(OS(=O)(=O)c3ccc(Cl)cc3)ccc21. The van der Waals surface area contributed by atoms with Crippen LogP contribution in [0.25, 0.3) is 6.08 Å². The van der Waals surface area contributed by atoms with E-state index in [0.29, 0.717) is 20.6 Å². The van der Waals surface area contributed by atoms with Crippen molar-refractivity contribution in [1.82, 2.24) is 0 Å². The van der Waals surface area contributed by atoms with Crippen LogP contribution in [0.3, 0.4) is 0 Å². The van der Waals surface area contributed by atoms with Crippen molar-refractivity contribution in [2.45, 2.75) is 4.90 Å². The van der Waals surface area contributed by atoms with Crippen LogP contribution in [-0.2, 0) is 10.1 Å². The van der Waals surface area contributed by atoms with Crippen LogP contribution in [0.1, 0.15) is 15.9 Å². The van der Waals surface area contributed by atoms with Crippen LogP contribution in [0.5, 0.6) is 11.5 Å². The quantitative estimate of drug-likeness (QED) is 0.336. The van der Waals surface area contributed by atoms with Crippen LogP contribution < -0.4 is 8.92 Å². The Kier molecular flexibility index (Phi) is 5.51. The molecule has 0 saturated heterocycles. The molecule has 0 atom stereocenters. The van der Waals surface area contributed by atoms with Crippen molar-refractivity contribution < 1.29 is 22.1 Å². The number of rotatable bonds is 4. The van der Waals surface area contributed by atoms with Crippen molar-refractivity contribution in [2.75, 3.05) is 0 Å². The van der Waals surface area contributed by atoms with E-state index in [2.05, 4.69) is 0 Å². The van der Waals surface area contributed by atoms with Gasteiger partial charge in [-0.25, -0.2) is 0 Å². The predicted molar refractivity (Wildman–Crippen MR) is 115 cm³/mol. The monoisotopic (exact) mass is 480 g/mol. The highest BCUT2D eigenvalue weighted by Gasteiger charge is 2.29. The molecular formula is C21H11Cl3O5S. The summed E-state index contributed by atoms with van der Waals surface area (Å²) in [6, 6.07) is 14.6. The third-order valence-corrected chi connectivity index (χ3v) is 6.40. The standard InChI is InChI=1S/C21H11Cl3O5S/c22-12-4-7-14(8-5-12)30(26,27)29-13-6-9-15-19(10-13)28-20(21(15)25)11-16-17(23)2-1-3-18(16)24/h1-11H. The van der Waals surface area contributed by atoms with Crippen molar-refractivity contribution in [3.8, 4) is 11.5 Å². The maximum Gasteiger partial charge on any atom is 0.339 e. The Morgan fingerprint density at radius 3 is 2.23 bits per heavy atom. The first-order chi connectivity index (χ1) is 14.2. The second-order valence-corrected chi connectivity index (χ2v) is 9.02. The molecule has 30 heavy (non-hydrogen) atoms. The van der Waals surface area contributed by atoms with Gasteiger partial charge in [-0.05, 0) is 54.6 Å². The third-order valence-electron chi connectivity index (χ3n) is 4.22. The molecule has 1 aliphatic heterocycles. The van der Waals surface area contributed by atoms with E-state index in [-0.39, 0.29) is 33.5 Å². The Labute approximate surface area is 187 Å². The molecule has 1 aliphatic rings. The van der Waals surface area contributed by atoms with Gasteiger partial charge in [0.05, 0.1) is 5.56 Å². The Morgan fingerprint density at radius 2 is 1.57 bits per heavy atom. The highest BCUT2D eigenvalue weighted by molar-refractivity contribution is 7.87. The van der Waals surface area contributed by atoms with Crippen molar-refractivity contribution in [3.63, 3.8) is 0 Å². The molecule has 0 bridgehead atoms. The molecule has 0 N–H and O–H groups in total. The summed E-state index contributed by atoms with van der Waals surface area (Å²) in [6.45, 7) is 0. The van der Waals surface area contributed by atoms with Gasteiger partial charge in [-0.2, -0.15) is 8.42 Å². The molecule has 0 aliphatic carbocycles. The first kappa shape index (κ1) is 20.8. The molecular weight excluding hydrogens is 471 g/mol. The molecule has 0 unspecified atom stereocenters. The normalized spacial score (nSPS) is 14.5. The molecule has 0 fully saturated rings. The summed E-state index contributed by atoms with van der Waals surface area (Å²) in [5.74, 6) is -0.211. The molecule has 0 radical (unpaired) electrons. The fraction of sp³-hybridized carbons (Fsp3) is 0. The van der Waals surface area contributed by atoms with E-state index in [1.54, 1.807) is 18.2 Å². The zero-order valence-corrected chi connectivity index (χ0v) is 18.0. The number of benzene rings is 3. The zero-order valence-electron chi connectivity index (χ0n) is 14.9. The lowest BCUT2D eigenvalue weighted by atomic mass is 10.1. The molecule has 4 rings (SSSR count). The van der Waals surface area contributed by atoms with Crippen molar-refractivity contribution >= 4 is 56.8 Å². The van der Waals surface area contributed by atoms with E-state index < -0.39 is 10.1 Å². The highest BCUT2D eigenvalue weighted by atomic mass is 35.5. The van der Waals surface area contributed by atoms with Gasteiger partial charge in [0.1, 0.15) is 16.4 Å². The van der Waals surface area contributed by atoms with Crippen LogP contribution >= 0.6 is 34.8 Å². The maximum atomic E-state index is 12.6. The van der Waals surface area contributed by atoms with Crippen molar-refractivity contribution in [2.24, 2.45) is 0 Å². The van der Waals surface area contributed by atoms with E-state index in [1.807, 2.05) is 0 Å². The summed E-state index contributed by atoms with van der Waals surface area (Å²) in [5, 5.41) is 1.12. The van der Waals surface area contributed by atoms with E-state index >= 15 is 0 Å². The van der Waals surface area contributed by atoms with Gasteiger partial charge in [-0.1, -0.05) is 40.9 Å². The second kappa shape index (κ2) is 7.96. The summed E-state index contributed by atoms with van der Waals surface area (Å²) in [5.41, 5.74) is 0.708. The summed E-state index contributed by atoms with van der Waals surface area (Å²) in [6.07, 6.45) is 1.44. The molecule has 152 valence electrons. The van der Waals surface area contributed by atoms with Crippen LogP contribution in [-0.4, -0.2) is 14.2 Å². The van der Waals surface area contributed by atoms with Gasteiger partial charge >= 0.3 is 10.1 Å². The van der Waals surface area contributed by atoms with E-state index in [9.17, 15) is 13.2 Å². The lowest BCUT2D eigenvalue weighted by Crippen LogP contribution is -2.09. The molecule has 0 amide bonds. The van der Waals surface area contributed by atoms with Crippen molar-refractivity contribution in [1.29, 1.82) is 0 Å². The lowest BCUT2D eigenvalue weighted by molar-refractivity contribution is 0.101. The largest absolute Gasteiger partial charge is 0.452 e. The molecule has 3 aromatic rings. The van der Waals surface area contributed by atoms with Crippen LogP contribution in [0.2, 0.25) is 15.1 Å². The number of Topliss-reactive ketones (excluding diaryl/α,β-unsaturated/α-hetero) is 1. The van der Waals surface area contributed by atoms with E-state index in [0.717, 1.165) is 0 Å². The molecule has 1 heterocycles. The first-order valence-corrected chi connectivity index (χ1v) is 11.0. The number of ketones is 1. The number of carbonyl (C=O) groups excluding carboxylic acids is 1. The number of ether oxygens (including phenoxy) is 1. The number of halogens is 3. The first-order valence-electron chi connectivity index (χ1n) is 8.47. The lowest BCUT2D eigenvalue weighted by Gasteiger charge is -2.08. The fourth-order valence-electron chi connectivity index (χ4n) is 2.77. The van der Waals surface area contributed by atoms with Crippen LogP contribution in [0.15, 0.2) is 71.3 Å². The zero-order chi connectivity index (χ0) is 21.5. The Hall–Kier alpha value is -2.51. The molecule has 0 saturated carbocycles. The molecule has 0 spiro atoms. The maximum absolute atomic E-state index is 12.6. The Balaban J connectivity index is 1.62. The minimum Gasteiger partial charge on any atom is -0.452 e. The van der Waals surface area contributed by atoms with Crippen molar-refractivity contribution in [3.05, 3.63) is 92.6 Å². The summed E-state index contributed by atoms with van der Waals surface area (Å²) in [7, 11) is -4.08. The Bertz CT molecular complexity index is 1280. The van der Waals surface area contributed by atoms with Gasteiger partial charge in [-0.15, -0.1) is 0 Å². The number of hydrogen-bond donors (Lipinski definition) is 0. The predicted octanol–water partition coefficient (Wildman–Crippen LogP) is 6.03. The van der Waals surface area contributed by atoms with Gasteiger partial charge in [0.15, 0.2) is 5.76 Å².